The number of nitrogens with one attached hydrogen (secondary N) is 1. The normalized spacial score (nSPS) is 10.4. The van der Waals surface area contributed by atoms with E-state index >= 15 is 0 Å². The number of ketones is 1. The number of aryl methyl sites for hydroxylation is 2. The first kappa shape index (κ1) is 36.2. The molecule has 7 heteroatoms. The lowest BCUT2D eigenvalue weighted by Gasteiger charge is -2.10. The third-order valence-electron chi connectivity index (χ3n) is 5.66. The predicted molar refractivity (Wildman–Crippen MR) is 167 cm³/mol. The molecule has 1 amide bonds. The van der Waals surface area contributed by atoms with Gasteiger partial charge in [-0.25, -0.2) is 4.98 Å². The van der Waals surface area contributed by atoms with Crippen LogP contribution in [0.4, 0.5) is 0 Å². The molecule has 0 radical (unpaired) electrons. The van der Waals surface area contributed by atoms with Crippen molar-refractivity contribution >= 4 is 28.4 Å². The summed E-state index contributed by atoms with van der Waals surface area (Å²) in [6.45, 7) is 22.9. The molecule has 0 atom stereocenters. The van der Waals surface area contributed by atoms with Crippen molar-refractivity contribution in [3.63, 3.8) is 0 Å². The Morgan fingerprint density at radius 1 is 0.897 bits per heavy atom. The van der Waals surface area contributed by atoms with E-state index in [9.17, 15) is 9.59 Å². The van der Waals surface area contributed by atoms with E-state index in [4.69, 9.17) is 4.98 Å². The molecule has 2 heterocycles. The fourth-order valence-corrected chi connectivity index (χ4v) is 4.18. The molecule has 0 saturated heterocycles. The summed E-state index contributed by atoms with van der Waals surface area (Å²) < 4.78 is 2.06. The van der Waals surface area contributed by atoms with E-state index in [0.717, 1.165) is 59.4 Å². The average molecular weight is 544 g/mol. The van der Waals surface area contributed by atoms with Crippen molar-refractivity contribution in [2.75, 3.05) is 6.54 Å². The molecule has 222 valence electrons. The number of amides is 1. The van der Waals surface area contributed by atoms with Crippen LogP contribution in [0.1, 0.15) is 120 Å². The zero-order chi connectivity index (χ0) is 30.0. The molecule has 3 aromatic rings. The van der Waals surface area contributed by atoms with E-state index in [1.165, 1.54) is 0 Å². The Morgan fingerprint density at radius 3 is 2.15 bits per heavy atom. The van der Waals surface area contributed by atoms with E-state index in [2.05, 4.69) is 47.6 Å². The van der Waals surface area contributed by atoms with Gasteiger partial charge in [-0.3, -0.25) is 14.0 Å². The van der Waals surface area contributed by atoms with Gasteiger partial charge in [0, 0.05) is 27.2 Å². The van der Waals surface area contributed by atoms with Crippen LogP contribution in [0.5, 0.6) is 0 Å². The smallest absolute Gasteiger partial charge is 0.220 e. The maximum Gasteiger partial charge on any atom is 0.220 e. The molecule has 0 unspecified atom stereocenters. The van der Waals surface area contributed by atoms with Crippen LogP contribution in [0.2, 0.25) is 0 Å². The number of Topliss-reactive ketones (excluding diaryl/α,β-unsaturated/α-hetero) is 1. The van der Waals surface area contributed by atoms with Gasteiger partial charge in [0.1, 0.15) is 11.6 Å². The fraction of sp³-hybridized carbons (Fsp3) is 0.656. The second-order valence-electron chi connectivity index (χ2n) is 9.86. The minimum atomic E-state index is 0. The van der Waals surface area contributed by atoms with Crippen LogP contribution < -0.4 is 5.32 Å². The number of hydrogen-bond donors (Lipinski definition) is 1. The van der Waals surface area contributed by atoms with Gasteiger partial charge in [-0.1, -0.05) is 81.7 Å². The van der Waals surface area contributed by atoms with Crippen LogP contribution in [-0.2, 0) is 22.4 Å². The topological polar surface area (TPSA) is 89.2 Å². The highest BCUT2D eigenvalue weighted by atomic mass is 16.1. The summed E-state index contributed by atoms with van der Waals surface area (Å²) in [4.78, 5) is 29.0. The monoisotopic (exact) mass is 543 g/mol. The number of unbranched alkanes of at least 4 members (excludes halogenated alkanes) is 2. The minimum Gasteiger partial charge on any atom is -0.356 e. The van der Waals surface area contributed by atoms with Crippen molar-refractivity contribution in [3.05, 3.63) is 35.3 Å². The van der Waals surface area contributed by atoms with Crippen molar-refractivity contribution < 1.29 is 11.0 Å². The number of fused-ring (bicyclic) bond motifs is 3. The number of hydrogen-bond acceptors (Lipinski definition) is 5. The van der Waals surface area contributed by atoms with E-state index in [0.29, 0.717) is 37.6 Å². The van der Waals surface area contributed by atoms with E-state index in [1.807, 2.05) is 66.7 Å². The number of rotatable bonds is 12. The number of carbonyl (C=O) groups is 2. The molecular weight excluding hydrogens is 486 g/mol. The largest absolute Gasteiger partial charge is 0.356 e. The Bertz CT molecular complexity index is 1130. The highest BCUT2D eigenvalue weighted by Gasteiger charge is 2.14. The van der Waals surface area contributed by atoms with Gasteiger partial charge < -0.3 is 5.32 Å². The van der Waals surface area contributed by atoms with Gasteiger partial charge >= 0.3 is 0 Å². The standard InChI is InChI=1S/C26H37N5O2.3C2H6.H2/c1-17(2)13-21(32)15-20-10-11-24-23(16-20)28-22(26-30-29-19(5)31(24)26)9-7-6-8-12-27-25(33)14-18(3)4;3*1-2;/h10-11,16-18H,6-9,12-15H2,1-5H3,(H,27,33);3*1-2H3;1H. The molecule has 3 rings (SSSR count). The fourth-order valence-electron chi connectivity index (χ4n) is 4.18. The van der Waals surface area contributed by atoms with Crippen LogP contribution in [0.15, 0.2) is 18.2 Å². The van der Waals surface area contributed by atoms with Crippen LogP contribution >= 0.6 is 0 Å². The second kappa shape index (κ2) is 20.1. The molecule has 0 aliphatic heterocycles. The van der Waals surface area contributed by atoms with Gasteiger partial charge in [-0.05, 0) is 55.7 Å². The second-order valence-corrected chi connectivity index (χ2v) is 9.86. The van der Waals surface area contributed by atoms with Gasteiger partial charge in [0.15, 0.2) is 5.65 Å². The summed E-state index contributed by atoms with van der Waals surface area (Å²) in [7, 11) is 0. The molecule has 0 spiro atoms. The third-order valence-corrected chi connectivity index (χ3v) is 5.66. The van der Waals surface area contributed by atoms with Gasteiger partial charge in [-0.15, -0.1) is 10.2 Å². The third kappa shape index (κ3) is 12.3. The predicted octanol–water partition coefficient (Wildman–Crippen LogP) is 7.94. The van der Waals surface area contributed by atoms with Gasteiger partial charge in [0.05, 0.1) is 16.7 Å². The van der Waals surface area contributed by atoms with Gasteiger partial charge in [0.2, 0.25) is 5.91 Å². The van der Waals surface area contributed by atoms with Crippen molar-refractivity contribution in [1.82, 2.24) is 24.9 Å². The van der Waals surface area contributed by atoms with Crippen LogP contribution in [-0.4, -0.2) is 37.8 Å². The van der Waals surface area contributed by atoms with E-state index < -0.39 is 0 Å². The maximum atomic E-state index is 12.3. The van der Waals surface area contributed by atoms with Crippen LogP contribution in [0.3, 0.4) is 0 Å². The van der Waals surface area contributed by atoms with E-state index in [1.54, 1.807) is 0 Å². The Hall–Kier alpha value is -2.83. The molecule has 0 aliphatic carbocycles. The molecule has 7 nitrogen and oxygen atoms in total. The lowest BCUT2D eigenvalue weighted by atomic mass is 10.0. The Kier molecular flexibility index (Phi) is 18.7. The molecule has 1 N–H and O–H groups in total. The highest BCUT2D eigenvalue weighted by molar-refractivity contribution is 5.84. The molecule has 2 aromatic heterocycles. The Morgan fingerprint density at radius 2 is 1.54 bits per heavy atom. The number of aromatic nitrogens is 4. The summed E-state index contributed by atoms with van der Waals surface area (Å²) in [5, 5.41) is 11.7. The van der Waals surface area contributed by atoms with Crippen molar-refractivity contribution in [2.24, 2.45) is 11.8 Å². The molecule has 0 saturated carbocycles. The quantitative estimate of drug-likeness (QED) is 0.234. The van der Waals surface area contributed by atoms with Crippen LogP contribution in [0, 0.1) is 18.8 Å². The zero-order valence-corrected chi connectivity index (χ0v) is 26.6. The first-order valence-electron chi connectivity index (χ1n) is 15.2. The van der Waals surface area contributed by atoms with Crippen LogP contribution in [0.25, 0.3) is 16.7 Å². The van der Waals surface area contributed by atoms with Crippen molar-refractivity contribution in [2.45, 2.75) is 121 Å². The highest BCUT2D eigenvalue weighted by Crippen LogP contribution is 2.22. The van der Waals surface area contributed by atoms with E-state index in [-0.39, 0.29) is 13.1 Å². The lowest BCUT2D eigenvalue weighted by Crippen LogP contribution is -2.25. The maximum absolute atomic E-state index is 12.3. The lowest BCUT2D eigenvalue weighted by molar-refractivity contribution is -0.122. The van der Waals surface area contributed by atoms with Gasteiger partial charge in [-0.2, -0.15) is 0 Å². The molecule has 0 fully saturated rings. The molecule has 0 aliphatic rings. The zero-order valence-electron chi connectivity index (χ0n) is 26.6. The first-order valence-corrected chi connectivity index (χ1v) is 15.2. The summed E-state index contributed by atoms with van der Waals surface area (Å²) in [6.07, 6.45) is 5.33. The number of carbonyl (C=O) groups excluding carboxylic acids is 2. The summed E-state index contributed by atoms with van der Waals surface area (Å²) in [6, 6.07) is 6.06. The minimum absolute atomic E-state index is 0. The summed E-state index contributed by atoms with van der Waals surface area (Å²) in [5.41, 5.74) is 4.56. The Balaban J connectivity index is 0. The summed E-state index contributed by atoms with van der Waals surface area (Å²) >= 11 is 0. The number of benzene rings is 1. The summed E-state index contributed by atoms with van der Waals surface area (Å²) in [5.74, 6) is 1.96. The molecule has 0 bridgehead atoms. The average Bonchev–Trinajstić information content (AvgIpc) is 3.30. The molecule has 1 aromatic carbocycles. The molecular formula is C32H57N5O2. The number of nitrogens with zero attached hydrogens (tertiary/aromatic N) is 4. The van der Waals surface area contributed by atoms with Crippen molar-refractivity contribution in [3.8, 4) is 0 Å². The van der Waals surface area contributed by atoms with Gasteiger partial charge in [0.25, 0.3) is 0 Å². The first-order chi connectivity index (χ1) is 18.7. The Labute approximate surface area is 239 Å². The van der Waals surface area contributed by atoms with Crippen molar-refractivity contribution in [1.29, 1.82) is 0 Å². The SMILES string of the molecule is CC.CC.CC.Cc1nnc2c(CCCCCNC(=O)CC(C)C)nc3cc(CC(=O)CC(C)C)ccc3n12.[HH]. The molecule has 39 heavy (non-hydrogen) atoms.